The van der Waals surface area contributed by atoms with E-state index in [-0.39, 0.29) is 17.7 Å². The molecule has 0 bridgehead atoms. The van der Waals surface area contributed by atoms with Crippen LogP contribution >= 0.6 is 0 Å². The first-order valence-corrected chi connectivity index (χ1v) is 9.23. The predicted molar refractivity (Wildman–Crippen MR) is 78.6 cm³/mol. The second-order valence-corrected chi connectivity index (χ2v) is 7.73. The van der Waals surface area contributed by atoms with Crippen LogP contribution in [0.15, 0.2) is 12.2 Å². The fourth-order valence-electron chi connectivity index (χ4n) is 2.98. The number of carbonyl (C=O) groups excluding carboxylic acids is 1. The molecule has 2 aliphatic rings. The number of hydrogen-bond donors (Lipinski definition) is 1. The second-order valence-electron chi connectivity index (χ2n) is 5.89. The molecule has 0 radical (unpaired) electrons. The van der Waals surface area contributed by atoms with E-state index >= 15 is 0 Å². The van der Waals surface area contributed by atoms with Gasteiger partial charge in [-0.05, 0) is 38.0 Å². The molecule has 20 heavy (non-hydrogen) atoms. The van der Waals surface area contributed by atoms with Crippen molar-refractivity contribution in [2.24, 2.45) is 11.8 Å². The number of nitrogens with one attached hydrogen (secondary N) is 1. The van der Waals surface area contributed by atoms with Gasteiger partial charge in [-0.3, -0.25) is 4.79 Å². The minimum Gasteiger partial charge on any atom is -0.342 e. The molecule has 1 heterocycles. The highest BCUT2D eigenvalue weighted by Crippen LogP contribution is 2.24. The number of piperidine rings is 1. The van der Waals surface area contributed by atoms with E-state index in [2.05, 4.69) is 16.9 Å². The summed E-state index contributed by atoms with van der Waals surface area (Å²) in [5, 5.41) is 0. The summed E-state index contributed by atoms with van der Waals surface area (Å²) in [5.41, 5.74) is 0. The lowest BCUT2D eigenvalue weighted by atomic mass is 9.91. The molecule has 1 N–H and O–H groups in total. The van der Waals surface area contributed by atoms with E-state index in [1.807, 2.05) is 4.90 Å². The molecule has 6 heteroatoms. The number of amides is 1. The third-order valence-corrected chi connectivity index (χ3v) is 4.77. The van der Waals surface area contributed by atoms with Gasteiger partial charge in [-0.1, -0.05) is 12.2 Å². The van der Waals surface area contributed by atoms with Crippen molar-refractivity contribution in [3.63, 3.8) is 0 Å². The van der Waals surface area contributed by atoms with Crippen LogP contribution in [0.3, 0.4) is 0 Å². The predicted octanol–water partition coefficient (Wildman–Crippen LogP) is 1.13. The molecule has 0 saturated carbocycles. The van der Waals surface area contributed by atoms with Crippen LogP contribution in [-0.2, 0) is 14.8 Å². The van der Waals surface area contributed by atoms with Crippen molar-refractivity contribution in [1.82, 2.24) is 9.62 Å². The van der Waals surface area contributed by atoms with Gasteiger partial charge < -0.3 is 4.90 Å². The zero-order valence-electron chi connectivity index (χ0n) is 12.0. The quantitative estimate of drug-likeness (QED) is 0.792. The normalized spacial score (nSPS) is 27.6. The van der Waals surface area contributed by atoms with Crippen LogP contribution in [0.4, 0.5) is 0 Å². The number of hydrogen-bond acceptors (Lipinski definition) is 3. The zero-order valence-corrected chi connectivity index (χ0v) is 12.9. The first-order valence-electron chi connectivity index (χ1n) is 7.34. The van der Waals surface area contributed by atoms with Crippen molar-refractivity contribution in [2.75, 3.05) is 25.9 Å². The van der Waals surface area contributed by atoms with E-state index in [1.165, 1.54) is 6.26 Å². The number of sulfonamides is 1. The van der Waals surface area contributed by atoms with Crippen LogP contribution in [0.5, 0.6) is 0 Å². The molecule has 0 spiro atoms. The fraction of sp³-hybridized carbons (Fsp3) is 0.786. The Kier molecular flexibility index (Phi) is 5.21. The minimum atomic E-state index is -3.14. The number of allylic oxidation sites excluding steroid dienone is 2. The van der Waals surface area contributed by atoms with E-state index in [0.717, 1.165) is 38.6 Å². The number of carbonyl (C=O) groups is 1. The Balaban J connectivity index is 1.86. The highest BCUT2D eigenvalue weighted by atomic mass is 32.2. The van der Waals surface area contributed by atoms with E-state index < -0.39 is 10.0 Å². The molecule has 114 valence electrons. The molecule has 2 rings (SSSR count). The average molecular weight is 300 g/mol. The smallest absolute Gasteiger partial charge is 0.226 e. The summed E-state index contributed by atoms with van der Waals surface area (Å²) in [5.74, 6) is 0.613. The molecule has 5 nitrogen and oxygen atoms in total. The maximum Gasteiger partial charge on any atom is 0.226 e. The van der Waals surface area contributed by atoms with E-state index in [4.69, 9.17) is 0 Å². The largest absolute Gasteiger partial charge is 0.342 e. The van der Waals surface area contributed by atoms with Gasteiger partial charge in [0, 0.05) is 25.6 Å². The van der Waals surface area contributed by atoms with Crippen molar-refractivity contribution in [3.8, 4) is 0 Å². The molecule has 0 aromatic rings. The standard InChI is InChI=1S/C14H24N2O3S/c1-20(18,19)15-10-12-6-5-9-16(11-12)14(17)13-7-3-2-4-8-13/h2-3,12-13,15H,4-11H2,1H3. The molecular formula is C14H24N2O3S. The van der Waals surface area contributed by atoms with Gasteiger partial charge in [0.2, 0.25) is 15.9 Å². The monoisotopic (exact) mass is 300 g/mol. The Bertz CT molecular complexity index is 473. The first-order chi connectivity index (χ1) is 9.46. The van der Waals surface area contributed by atoms with E-state index in [1.54, 1.807) is 0 Å². The summed E-state index contributed by atoms with van der Waals surface area (Å²) < 4.78 is 24.8. The van der Waals surface area contributed by atoms with E-state index in [9.17, 15) is 13.2 Å². The Hall–Kier alpha value is -0.880. The first kappa shape index (κ1) is 15.5. The molecule has 1 aliphatic heterocycles. The third-order valence-electron chi connectivity index (χ3n) is 4.08. The number of likely N-dealkylation sites (tertiary alicyclic amines) is 1. The summed E-state index contributed by atoms with van der Waals surface area (Å²) in [6.07, 6.45) is 10.1. The molecule has 2 unspecified atom stereocenters. The van der Waals surface area contributed by atoms with Crippen LogP contribution in [0, 0.1) is 11.8 Å². The lowest BCUT2D eigenvalue weighted by Gasteiger charge is -2.35. The molecule has 0 aromatic heterocycles. The lowest BCUT2D eigenvalue weighted by Crippen LogP contribution is -2.45. The van der Waals surface area contributed by atoms with Gasteiger partial charge in [0.05, 0.1) is 6.26 Å². The lowest BCUT2D eigenvalue weighted by molar-refractivity contribution is -0.137. The summed E-state index contributed by atoms with van der Waals surface area (Å²) in [7, 11) is -3.14. The summed E-state index contributed by atoms with van der Waals surface area (Å²) in [4.78, 5) is 14.4. The van der Waals surface area contributed by atoms with Crippen LogP contribution in [0.25, 0.3) is 0 Å². The Morgan fingerprint density at radius 3 is 2.80 bits per heavy atom. The van der Waals surface area contributed by atoms with Gasteiger partial charge in [0.1, 0.15) is 0 Å². The third kappa shape index (κ3) is 4.59. The molecule has 1 aliphatic carbocycles. The van der Waals surface area contributed by atoms with Crippen LogP contribution < -0.4 is 4.72 Å². The Morgan fingerprint density at radius 2 is 2.15 bits per heavy atom. The molecule has 0 aromatic carbocycles. The van der Waals surface area contributed by atoms with Gasteiger partial charge in [0.15, 0.2) is 0 Å². The van der Waals surface area contributed by atoms with E-state index in [0.29, 0.717) is 13.1 Å². The Morgan fingerprint density at radius 1 is 1.35 bits per heavy atom. The van der Waals surface area contributed by atoms with Crippen molar-refractivity contribution >= 4 is 15.9 Å². The average Bonchev–Trinajstić information content (AvgIpc) is 2.45. The van der Waals surface area contributed by atoms with Crippen molar-refractivity contribution in [3.05, 3.63) is 12.2 Å². The van der Waals surface area contributed by atoms with Gasteiger partial charge in [-0.25, -0.2) is 13.1 Å². The Labute approximate surface area is 121 Å². The minimum absolute atomic E-state index is 0.126. The summed E-state index contributed by atoms with van der Waals surface area (Å²) in [6.45, 7) is 1.93. The summed E-state index contributed by atoms with van der Waals surface area (Å²) in [6, 6.07) is 0. The molecular weight excluding hydrogens is 276 g/mol. The molecule has 2 atom stereocenters. The summed E-state index contributed by atoms with van der Waals surface area (Å²) >= 11 is 0. The maximum absolute atomic E-state index is 12.5. The maximum atomic E-state index is 12.5. The van der Waals surface area contributed by atoms with Gasteiger partial charge >= 0.3 is 0 Å². The van der Waals surface area contributed by atoms with Crippen molar-refractivity contribution in [1.29, 1.82) is 0 Å². The van der Waals surface area contributed by atoms with Crippen molar-refractivity contribution < 1.29 is 13.2 Å². The molecule has 1 fully saturated rings. The number of nitrogens with zero attached hydrogens (tertiary/aromatic N) is 1. The number of rotatable bonds is 4. The van der Waals surface area contributed by atoms with Crippen LogP contribution in [0.2, 0.25) is 0 Å². The van der Waals surface area contributed by atoms with Gasteiger partial charge in [-0.2, -0.15) is 0 Å². The second kappa shape index (κ2) is 6.72. The highest BCUT2D eigenvalue weighted by Gasteiger charge is 2.28. The zero-order chi connectivity index (χ0) is 14.6. The van der Waals surface area contributed by atoms with Crippen molar-refractivity contribution in [2.45, 2.75) is 32.1 Å². The molecule has 1 saturated heterocycles. The SMILES string of the molecule is CS(=O)(=O)NCC1CCCN(C(=O)C2CC=CCC2)C1. The highest BCUT2D eigenvalue weighted by molar-refractivity contribution is 7.88. The fourth-order valence-corrected chi connectivity index (χ4v) is 3.52. The van der Waals surface area contributed by atoms with Crippen LogP contribution in [-0.4, -0.2) is 45.1 Å². The van der Waals surface area contributed by atoms with Gasteiger partial charge in [0.25, 0.3) is 0 Å². The van der Waals surface area contributed by atoms with Crippen LogP contribution in [0.1, 0.15) is 32.1 Å². The topological polar surface area (TPSA) is 66.5 Å². The van der Waals surface area contributed by atoms with Gasteiger partial charge in [-0.15, -0.1) is 0 Å². The molecule has 1 amide bonds.